The van der Waals surface area contributed by atoms with Crippen LogP contribution < -0.4 is 5.32 Å². The van der Waals surface area contributed by atoms with E-state index >= 15 is 0 Å². The minimum absolute atomic E-state index is 0.722. The van der Waals surface area contributed by atoms with Crippen LogP contribution >= 0.6 is 0 Å². The number of nitrogens with one attached hydrogen (secondary N) is 1. The Morgan fingerprint density at radius 2 is 1.83 bits per heavy atom. The predicted octanol–water partition coefficient (Wildman–Crippen LogP) is 3.82. The molecule has 1 aromatic carbocycles. The molecule has 1 aromatic heterocycles. The lowest BCUT2D eigenvalue weighted by Crippen LogP contribution is -2.14. The summed E-state index contributed by atoms with van der Waals surface area (Å²) in [7, 11) is 0. The lowest BCUT2D eigenvalue weighted by atomic mass is 10.1. The van der Waals surface area contributed by atoms with Crippen LogP contribution in [0.5, 0.6) is 0 Å². The van der Waals surface area contributed by atoms with E-state index in [2.05, 4.69) is 49.5 Å². The second-order valence-corrected chi connectivity index (χ2v) is 5.30. The number of benzene rings is 1. The van der Waals surface area contributed by atoms with Crippen LogP contribution in [0.4, 0.5) is 0 Å². The average molecular weight is 241 g/mol. The monoisotopic (exact) mass is 241 g/mol. The van der Waals surface area contributed by atoms with E-state index in [4.69, 9.17) is 4.42 Å². The molecule has 1 fully saturated rings. The standard InChI is InChI=1S/C16H19NO/c1-11-7-12(2)9-13(8-11)16-6-5-15(18-16)10-17-14-3-4-14/h5-9,14,17H,3-4,10H2,1-2H3. The van der Waals surface area contributed by atoms with Crippen molar-refractivity contribution in [2.24, 2.45) is 0 Å². The fourth-order valence-corrected chi connectivity index (χ4v) is 2.28. The zero-order chi connectivity index (χ0) is 12.5. The summed E-state index contributed by atoms with van der Waals surface area (Å²) in [6, 6.07) is 11.4. The van der Waals surface area contributed by atoms with Crippen molar-refractivity contribution in [1.82, 2.24) is 5.32 Å². The van der Waals surface area contributed by atoms with Gasteiger partial charge in [-0.3, -0.25) is 0 Å². The van der Waals surface area contributed by atoms with Crippen LogP contribution in [-0.4, -0.2) is 6.04 Å². The Morgan fingerprint density at radius 1 is 1.11 bits per heavy atom. The van der Waals surface area contributed by atoms with Gasteiger partial charge in [0, 0.05) is 11.6 Å². The molecule has 2 heteroatoms. The highest BCUT2D eigenvalue weighted by Gasteiger charge is 2.20. The predicted molar refractivity (Wildman–Crippen MR) is 73.5 cm³/mol. The number of aryl methyl sites for hydroxylation is 2. The molecule has 18 heavy (non-hydrogen) atoms. The number of rotatable bonds is 4. The van der Waals surface area contributed by atoms with Gasteiger partial charge in [-0.25, -0.2) is 0 Å². The maximum absolute atomic E-state index is 5.90. The molecule has 0 atom stereocenters. The quantitative estimate of drug-likeness (QED) is 0.880. The number of furan rings is 1. The van der Waals surface area contributed by atoms with E-state index < -0.39 is 0 Å². The first kappa shape index (κ1) is 11.5. The molecule has 0 aliphatic heterocycles. The highest BCUT2D eigenvalue weighted by Crippen LogP contribution is 2.25. The fraction of sp³-hybridized carbons (Fsp3) is 0.375. The van der Waals surface area contributed by atoms with Crippen molar-refractivity contribution in [3.63, 3.8) is 0 Å². The van der Waals surface area contributed by atoms with Crippen LogP contribution in [-0.2, 0) is 6.54 Å². The zero-order valence-corrected chi connectivity index (χ0v) is 11.0. The van der Waals surface area contributed by atoms with E-state index in [1.54, 1.807) is 0 Å². The third kappa shape index (κ3) is 2.65. The summed E-state index contributed by atoms with van der Waals surface area (Å²) in [4.78, 5) is 0. The Hall–Kier alpha value is -1.54. The first-order valence-corrected chi connectivity index (χ1v) is 6.61. The van der Waals surface area contributed by atoms with Crippen LogP contribution in [0.3, 0.4) is 0 Å². The Balaban J connectivity index is 1.78. The fourth-order valence-electron chi connectivity index (χ4n) is 2.28. The SMILES string of the molecule is Cc1cc(C)cc(-c2ccc(CNC3CC3)o2)c1. The molecule has 1 N–H and O–H groups in total. The minimum atomic E-state index is 0.722. The largest absolute Gasteiger partial charge is 0.460 e. The van der Waals surface area contributed by atoms with Crippen molar-refractivity contribution < 1.29 is 4.42 Å². The molecule has 1 heterocycles. The van der Waals surface area contributed by atoms with Crippen LogP contribution in [0, 0.1) is 13.8 Å². The Kier molecular flexibility index (Phi) is 2.96. The van der Waals surface area contributed by atoms with E-state index in [0.717, 1.165) is 24.1 Å². The highest BCUT2D eigenvalue weighted by molar-refractivity contribution is 5.59. The van der Waals surface area contributed by atoms with Gasteiger partial charge in [0.15, 0.2) is 0 Å². The van der Waals surface area contributed by atoms with Gasteiger partial charge in [0.1, 0.15) is 11.5 Å². The highest BCUT2D eigenvalue weighted by atomic mass is 16.3. The second-order valence-electron chi connectivity index (χ2n) is 5.30. The van der Waals surface area contributed by atoms with Gasteiger partial charge < -0.3 is 9.73 Å². The topological polar surface area (TPSA) is 25.2 Å². The maximum atomic E-state index is 5.90. The van der Waals surface area contributed by atoms with Gasteiger partial charge in [0.2, 0.25) is 0 Å². The van der Waals surface area contributed by atoms with Gasteiger partial charge in [-0.1, -0.05) is 17.2 Å². The van der Waals surface area contributed by atoms with Crippen LogP contribution in [0.1, 0.15) is 29.7 Å². The molecule has 1 saturated carbocycles. The van der Waals surface area contributed by atoms with Gasteiger partial charge in [-0.05, 0) is 51.0 Å². The van der Waals surface area contributed by atoms with Crippen molar-refractivity contribution in [2.75, 3.05) is 0 Å². The first-order valence-electron chi connectivity index (χ1n) is 6.61. The molecule has 1 aliphatic carbocycles. The van der Waals surface area contributed by atoms with Gasteiger partial charge in [0.25, 0.3) is 0 Å². The van der Waals surface area contributed by atoms with Crippen LogP contribution in [0.2, 0.25) is 0 Å². The summed E-state index contributed by atoms with van der Waals surface area (Å²) < 4.78 is 5.90. The molecule has 0 amide bonds. The molecule has 0 saturated heterocycles. The van der Waals surface area contributed by atoms with Gasteiger partial charge in [-0.15, -0.1) is 0 Å². The lowest BCUT2D eigenvalue weighted by Gasteiger charge is -2.02. The third-order valence-corrected chi connectivity index (χ3v) is 3.31. The first-order chi connectivity index (χ1) is 8.70. The Bertz CT molecular complexity index is 532. The number of hydrogen-bond donors (Lipinski definition) is 1. The lowest BCUT2D eigenvalue weighted by molar-refractivity contribution is 0.492. The second kappa shape index (κ2) is 4.62. The van der Waals surface area contributed by atoms with Gasteiger partial charge in [-0.2, -0.15) is 0 Å². The van der Waals surface area contributed by atoms with E-state index in [-0.39, 0.29) is 0 Å². The van der Waals surface area contributed by atoms with E-state index in [1.165, 1.54) is 29.5 Å². The third-order valence-electron chi connectivity index (χ3n) is 3.31. The summed E-state index contributed by atoms with van der Waals surface area (Å²) >= 11 is 0. The van der Waals surface area contributed by atoms with Gasteiger partial charge >= 0.3 is 0 Å². The Morgan fingerprint density at radius 3 is 2.50 bits per heavy atom. The number of hydrogen-bond acceptors (Lipinski definition) is 2. The smallest absolute Gasteiger partial charge is 0.134 e. The molecule has 2 aromatic rings. The molecular weight excluding hydrogens is 222 g/mol. The van der Waals surface area contributed by atoms with Gasteiger partial charge in [0.05, 0.1) is 6.54 Å². The maximum Gasteiger partial charge on any atom is 0.134 e. The molecule has 0 unspecified atom stereocenters. The molecule has 2 nitrogen and oxygen atoms in total. The zero-order valence-electron chi connectivity index (χ0n) is 11.0. The van der Waals surface area contributed by atoms with E-state index in [1.807, 2.05) is 0 Å². The van der Waals surface area contributed by atoms with Crippen molar-refractivity contribution in [2.45, 2.75) is 39.3 Å². The van der Waals surface area contributed by atoms with Crippen LogP contribution in [0.25, 0.3) is 11.3 Å². The molecule has 0 spiro atoms. The average Bonchev–Trinajstić information content (AvgIpc) is 3.02. The van der Waals surface area contributed by atoms with Crippen molar-refractivity contribution in [3.8, 4) is 11.3 Å². The molecular formula is C16H19NO. The minimum Gasteiger partial charge on any atom is -0.460 e. The summed E-state index contributed by atoms with van der Waals surface area (Å²) in [6.45, 7) is 5.08. The van der Waals surface area contributed by atoms with E-state index in [0.29, 0.717) is 0 Å². The summed E-state index contributed by atoms with van der Waals surface area (Å²) in [5.41, 5.74) is 3.73. The Labute approximate surface area is 108 Å². The molecule has 3 rings (SSSR count). The van der Waals surface area contributed by atoms with E-state index in [9.17, 15) is 0 Å². The van der Waals surface area contributed by atoms with Crippen molar-refractivity contribution >= 4 is 0 Å². The molecule has 0 radical (unpaired) electrons. The summed E-state index contributed by atoms with van der Waals surface area (Å²) in [6.07, 6.45) is 2.62. The molecule has 94 valence electrons. The summed E-state index contributed by atoms with van der Waals surface area (Å²) in [5, 5.41) is 3.47. The summed E-state index contributed by atoms with van der Waals surface area (Å²) in [5.74, 6) is 1.99. The molecule has 1 aliphatic rings. The van der Waals surface area contributed by atoms with Crippen LogP contribution in [0.15, 0.2) is 34.7 Å². The van der Waals surface area contributed by atoms with Crippen molar-refractivity contribution in [3.05, 3.63) is 47.2 Å². The molecule has 0 bridgehead atoms. The van der Waals surface area contributed by atoms with Crippen molar-refractivity contribution in [1.29, 1.82) is 0 Å². The normalized spacial score (nSPS) is 15.0.